The molecule has 14 heavy (non-hydrogen) atoms. The van der Waals surface area contributed by atoms with Gasteiger partial charge in [0.2, 0.25) is 9.04 Å². The van der Waals surface area contributed by atoms with Crippen LogP contribution in [-0.4, -0.2) is 15.6 Å². The highest BCUT2D eigenvalue weighted by atomic mass is 28.3. The zero-order valence-corrected chi connectivity index (χ0v) is 10.1. The van der Waals surface area contributed by atoms with Crippen LogP contribution in [-0.2, 0) is 10.8 Å². The fourth-order valence-electron chi connectivity index (χ4n) is 1.41. The van der Waals surface area contributed by atoms with Gasteiger partial charge in [-0.15, -0.1) is 0 Å². The van der Waals surface area contributed by atoms with E-state index in [1.54, 1.807) is 0 Å². The molecule has 0 saturated carbocycles. The lowest BCUT2D eigenvalue weighted by atomic mass is 10.2. The summed E-state index contributed by atoms with van der Waals surface area (Å²) < 4.78 is 5.79. The minimum Gasteiger partial charge on any atom is -0.417 e. The average molecular weight is 207 g/mol. The molecule has 1 aromatic carbocycles. The number of hydrogen-bond acceptors (Lipinski definition) is 1. The van der Waals surface area contributed by atoms with Crippen molar-refractivity contribution in [2.45, 2.75) is 32.4 Å². The molecule has 0 N–H and O–H groups in total. The van der Waals surface area contributed by atoms with E-state index in [9.17, 15) is 0 Å². The van der Waals surface area contributed by atoms with Gasteiger partial charge in [-0.1, -0.05) is 43.7 Å². The molecule has 0 amide bonds. The van der Waals surface area contributed by atoms with Crippen LogP contribution in [0.1, 0.15) is 18.9 Å². The van der Waals surface area contributed by atoms with Crippen molar-refractivity contribution in [1.82, 2.24) is 0 Å². The number of hydrogen-bond donors (Lipinski definition) is 0. The molecule has 1 nitrogen and oxygen atoms in total. The van der Waals surface area contributed by atoms with Crippen LogP contribution in [0.2, 0.25) is 12.6 Å². The molecular weight excluding hydrogens is 188 g/mol. The summed E-state index contributed by atoms with van der Waals surface area (Å²) in [6.07, 6.45) is 2.29. The zero-order valence-electron chi connectivity index (χ0n) is 9.12. The molecule has 1 rings (SSSR count). The van der Waals surface area contributed by atoms with Crippen LogP contribution in [0.15, 0.2) is 30.3 Å². The molecule has 0 fully saturated rings. The Kier molecular flexibility index (Phi) is 5.57. The van der Waals surface area contributed by atoms with Gasteiger partial charge >= 0.3 is 0 Å². The van der Waals surface area contributed by atoms with E-state index in [0.717, 1.165) is 13.0 Å². The van der Waals surface area contributed by atoms with Crippen molar-refractivity contribution >= 4 is 9.04 Å². The first-order valence-corrected chi connectivity index (χ1v) is 7.43. The Balaban J connectivity index is 2.16. The first-order chi connectivity index (χ1) is 6.83. The third kappa shape index (κ3) is 4.58. The Morgan fingerprint density at radius 2 is 1.93 bits per heavy atom. The maximum absolute atomic E-state index is 5.79. The van der Waals surface area contributed by atoms with E-state index >= 15 is 0 Å². The van der Waals surface area contributed by atoms with Crippen LogP contribution in [0, 0.1) is 0 Å². The molecule has 0 aromatic heterocycles. The lowest BCUT2D eigenvalue weighted by molar-refractivity contribution is 0.326. The molecule has 0 aliphatic rings. The minimum absolute atomic E-state index is 0.510. The summed E-state index contributed by atoms with van der Waals surface area (Å²) >= 11 is 0. The summed E-state index contributed by atoms with van der Waals surface area (Å²) in [4.78, 5) is 0. The Labute approximate surface area is 88.8 Å². The van der Waals surface area contributed by atoms with Crippen molar-refractivity contribution < 1.29 is 4.43 Å². The monoisotopic (exact) mass is 207 g/mol. The van der Waals surface area contributed by atoms with Crippen LogP contribution < -0.4 is 0 Å². The van der Waals surface area contributed by atoms with Gasteiger partial charge in [-0.3, -0.25) is 0 Å². The van der Waals surface area contributed by atoms with Gasteiger partial charge in [-0.2, -0.15) is 0 Å². The van der Waals surface area contributed by atoms with E-state index in [1.165, 1.54) is 18.0 Å². The van der Waals surface area contributed by atoms with Crippen molar-refractivity contribution in [1.29, 1.82) is 0 Å². The molecule has 2 heteroatoms. The predicted octanol–water partition coefficient (Wildman–Crippen LogP) is 3.28. The van der Waals surface area contributed by atoms with E-state index in [-0.39, 0.29) is 0 Å². The Morgan fingerprint density at radius 1 is 1.21 bits per heavy atom. The normalized spacial score (nSPS) is 10.8. The summed E-state index contributed by atoms with van der Waals surface area (Å²) in [5, 5.41) is 0. The lowest BCUT2D eigenvalue weighted by Crippen LogP contribution is -2.14. The molecule has 0 atom stereocenters. The van der Waals surface area contributed by atoms with Crippen molar-refractivity contribution in [3.8, 4) is 0 Å². The summed E-state index contributed by atoms with van der Waals surface area (Å²) in [5.41, 5.74) is 1.37. The van der Waals surface area contributed by atoms with Gasteiger partial charge in [0.1, 0.15) is 0 Å². The first kappa shape index (κ1) is 11.5. The highest BCUT2D eigenvalue weighted by Gasteiger charge is 2.03. The smallest absolute Gasteiger partial charge is 0.208 e. The molecule has 0 aliphatic heterocycles. The van der Waals surface area contributed by atoms with Gasteiger partial charge in [0.05, 0.1) is 0 Å². The second kappa shape index (κ2) is 6.79. The molecule has 0 aliphatic carbocycles. The molecular formula is C12H19OSi. The van der Waals surface area contributed by atoms with Crippen LogP contribution in [0.5, 0.6) is 0 Å². The van der Waals surface area contributed by atoms with Crippen molar-refractivity contribution in [2.75, 3.05) is 6.61 Å². The summed E-state index contributed by atoms with van der Waals surface area (Å²) in [5.74, 6) is 0. The maximum atomic E-state index is 5.79. The van der Waals surface area contributed by atoms with Crippen LogP contribution in [0.25, 0.3) is 0 Å². The zero-order chi connectivity index (χ0) is 10.2. The van der Waals surface area contributed by atoms with E-state index in [0.29, 0.717) is 0 Å². The molecule has 0 bridgehead atoms. The van der Waals surface area contributed by atoms with E-state index in [1.807, 2.05) is 0 Å². The summed E-state index contributed by atoms with van der Waals surface area (Å²) in [6, 6.07) is 11.8. The lowest BCUT2D eigenvalue weighted by Gasteiger charge is -2.09. The predicted molar refractivity (Wildman–Crippen MR) is 62.8 cm³/mol. The fourth-order valence-corrected chi connectivity index (χ4v) is 2.71. The SMILES string of the molecule is CCC[Si](C)OCCc1ccccc1. The highest BCUT2D eigenvalue weighted by molar-refractivity contribution is 6.50. The molecule has 1 radical (unpaired) electrons. The van der Waals surface area contributed by atoms with Crippen LogP contribution in [0.4, 0.5) is 0 Å². The molecule has 0 saturated heterocycles. The van der Waals surface area contributed by atoms with Crippen molar-refractivity contribution in [3.63, 3.8) is 0 Å². The van der Waals surface area contributed by atoms with E-state index in [4.69, 9.17) is 4.43 Å². The third-order valence-corrected chi connectivity index (χ3v) is 4.09. The average Bonchev–Trinajstić information content (AvgIpc) is 2.20. The molecule has 77 valence electrons. The second-order valence-electron chi connectivity index (χ2n) is 3.54. The third-order valence-electron chi connectivity index (χ3n) is 2.18. The summed E-state index contributed by atoms with van der Waals surface area (Å²) in [7, 11) is -0.510. The van der Waals surface area contributed by atoms with Gasteiger partial charge in [0, 0.05) is 6.61 Å². The van der Waals surface area contributed by atoms with Gasteiger partial charge in [0.25, 0.3) is 0 Å². The topological polar surface area (TPSA) is 9.23 Å². The molecule has 0 spiro atoms. The van der Waals surface area contributed by atoms with Gasteiger partial charge in [-0.25, -0.2) is 0 Å². The Morgan fingerprint density at radius 3 is 2.57 bits per heavy atom. The van der Waals surface area contributed by atoms with Crippen molar-refractivity contribution in [3.05, 3.63) is 35.9 Å². The largest absolute Gasteiger partial charge is 0.417 e. The van der Waals surface area contributed by atoms with Crippen molar-refractivity contribution in [2.24, 2.45) is 0 Å². The van der Waals surface area contributed by atoms with Gasteiger partial charge in [-0.05, 0) is 24.6 Å². The Hall–Kier alpha value is -0.603. The number of benzene rings is 1. The molecule has 1 aromatic rings. The van der Waals surface area contributed by atoms with Gasteiger partial charge in [0.15, 0.2) is 0 Å². The molecule has 0 heterocycles. The minimum atomic E-state index is -0.510. The van der Waals surface area contributed by atoms with Gasteiger partial charge < -0.3 is 4.43 Å². The maximum Gasteiger partial charge on any atom is 0.208 e. The number of rotatable bonds is 6. The standard InChI is InChI=1S/C12H19OSi/c1-3-11-14(2)13-10-9-12-7-5-4-6-8-12/h4-8H,3,9-11H2,1-2H3. The van der Waals surface area contributed by atoms with Crippen LogP contribution in [0.3, 0.4) is 0 Å². The fraction of sp³-hybridized carbons (Fsp3) is 0.500. The van der Waals surface area contributed by atoms with E-state index < -0.39 is 9.04 Å². The van der Waals surface area contributed by atoms with E-state index in [2.05, 4.69) is 43.8 Å². The first-order valence-electron chi connectivity index (χ1n) is 5.32. The molecule has 0 unspecified atom stereocenters. The van der Waals surface area contributed by atoms with Crippen LogP contribution >= 0.6 is 0 Å². The summed E-state index contributed by atoms with van der Waals surface area (Å²) in [6.45, 7) is 5.35. The quantitative estimate of drug-likeness (QED) is 0.651. The highest BCUT2D eigenvalue weighted by Crippen LogP contribution is 2.02. The second-order valence-corrected chi connectivity index (χ2v) is 5.73. The Bertz CT molecular complexity index is 235.